The standard InChI is InChI=1S/C19H27N3O2/c1-15(2)3-8-19(24)22-11-9-21(10-12-22)14-18(23)17-6-4-16(13-20)5-7-17/h4-7,15,18,23H,3,8-12,14H2,1-2H3. The fourth-order valence-corrected chi connectivity index (χ4v) is 2.88. The normalized spacial score (nSPS) is 16.9. The van der Waals surface area contributed by atoms with Gasteiger partial charge in [0, 0.05) is 39.1 Å². The number of hydrogen-bond acceptors (Lipinski definition) is 4. The summed E-state index contributed by atoms with van der Waals surface area (Å²) in [5.74, 6) is 0.800. The third-order valence-corrected chi connectivity index (χ3v) is 4.52. The summed E-state index contributed by atoms with van der Waals surface area (Å²) in [6.07, 6.45) is 1.00. The Morgan fingerprint density at radius 2 is 1.83 bits per heavy atom. The number of nitrogens with zero attached hydrogens (tertiary/aromatic N) is 3. The van der Waals surface area contributed by atoms with E-state index in [1.54, 1.807) is 24.3 Å². The molecule has 0 aromatic heterocycles. The van der Waals surface area contributed by atoms with Crippen LogP contribution in [0.2, 0.25) is 0 Å². The quantitative estimate of drug-likeness (QED) is 0.868. The number of carbonyl (C=O) groups excluding carboxylic acids is 1. The van der Waals surface area contributed by atoms with Crippen LogP contribution < -0.4 is 0 Å². The van der Waals surface area contributed by atoms with E-state index in [1.807, 2.05) is 4.90 Å². The molecule has 2 rings (SSSR count). The van der Waals surface area contributed by atoms with Gasteiger partial charge in [-0.25, -0.2) is 0 Å². The second-order valence-electron chi connectivity index (χ2n) is 6.86. The number of β-amino-alcohol motifs (C(OH)–C–C–N with tert-alkyl or cyclic N) is 1. The second kappa shape index (κ2) is 8.81. The van der Waals surface area contributed by atoms with Crippen LogP contribution in [0.15, 0.2) is 24.3 Å². The summed E-state index contributed by atoms with van der Waals surface area (Å²) in [4.78, 5) is 16.3. The molecule has 0 aliphatic carbocycles. The molecule has 1 aliphatic rings. The minimum atomic E-state index is -0.569. The molecule has 24 heavy (non-hydrogen) atoms. The van der Waals surface area contributed by atoms with Crippen LogP contribution in [0.1, 0.15) is 43.9 Å². The molecule has 1 fully saturated rings. The summed E-state index contributed by atoms with van der Waals surface area (Å²) in [7, 11) is 0. The first-order chi connectivity index (χ1) is 11.5. The predicted molar refractivity (Wildman–Crippen MR) is 93.2 cm³/mol. The Morgan fingerprint density at radius 1 is 1.21 bits per heavy atom. The molecule has 0 saturated carbocycles. The first-order valence-electron chi connectivity index (χ1n) is 8.68. The molecule has 1 amide bonds. The molecule has 1 heterocycles. The van der Waals surface area contributed by atoms with E-state index in [0.29, 0.717) is 24.4 Å². The molecule has 1 N–H and O–H groups in total. The summed E-state index contributed by atoms with van der Waals surface area (Å²) < 4.78 is 0. The van der Waals surface area contributed by atoms with Crippen LogP contribution in [-0.4, -0.2) is 53.5 Å². The number of carbonyl (C=O) groups is 1. The van der Waals surface area contributed by atoms with Crippen molar-refractivity contribution in [2.45, 2.75) is 32.8 Å². The highest BCUT2D eigenvalue weighted by molar-refractivity contribution is 5.76. The first kappa shape index (κ1) is 18.4. The molecule has 0 radical (unpaired) electrons. The second-order valence-corrected chi connectivity index (χ2v) is 6.86. The van der Waals surface area contributed by atoms with Gasteiger partial charge >= 0.3 is 0 Å². The van der Waals surface area contributed by atoms with E-state index in [4.69, 9.17) is 5.26 Å². The molecular weight excluding hydrogens is 302 g/mol. The van der Waals surface area contributed by atoms with Gasteiger partial charge in [-0.2, -0.15) is 5.26 Å². The smallest absolute Gasteiger partial charge is 0.222 e. The average molecular weight is 329 g/mol. The van der Waals surface area contributed by atoms with E-state index in [-0.39, 0.29) is 5.91 Å². The van der Waals surface area contributed by atoms with Gasteiger partial charge in [-0.05, 0) is 30.0 Å². The lowest BCUT2D eigenvalue weighted by atomic mass is 10.1. The van der Waals surface area contributed by atoms with Crippen molar-refractivity contribution in [2.75, 3.05) is 32.7 Å². The topological polar surface area (TPSA) is 67.6 Å². The number of rotatable bonds is 6. The van der Waals surface area contributed by atoms with Crippen molar-refractivity contribution in [3.05, 3.63) is 35.4 Å². The van der Waals surface area contributed by atoms with Crippen molar-refractivity contribution in [3.63, 3.8) is 0 Å². The molecule has 1 atom stereocenters. The third kappa shape index (κ3) is 5.33. The zero-order chi connectivity index (χ0) is 17.5. The first-order valence-corrected chi connectivity index (χ1v) is 8.68. The van der Waals surface area contributed by atoms with Crippen molar-refractivity contribution >= 4 is 5.91 Å². The molecule has 5 nitrogen and oxygen atoms in total. The average Bonchev–Trinajstić information content (AvgIpc) is 2.60. The van der Waals surface area contributed by atoms with Crippen LogP contribution in [0.4, 0.5) is 0 Å². The van der Waals surface area contributed by atoms with Crippen molar-refractivity contribution < 1.29 is 9.90 Å². The van der Waals surface area contributed by atoms with Crippen molar-refractivity contribution in [3.8, 4) is 6.07 Å². The maximum Gasteiger partial charge on any atom is 0.222 e. The van der Waals surface area contributed by atoms with Crippen LogP contribution in [-0.2, 0) is 4.79 Å². The lowest BCUT2D eigenvalue weighted by Gasteiger charge is -2.35. The summed E-state index contributed by atoms with van der Waals surface area (Å²) in [6, 6.07) is 9.13. The Bertz CT molecular complexity index is 569. The number of hydrogen-bond donors (Lipinski definition) is 1. The Balaban J connectivity index is 1.77. The zero-order valence-electron chi connectivity index (χ0n) is 14.6. The molecule has 1 aliphatic heterocycles. The van der Waals surface area contributed by atoms with E-state index in [9.17, 15) is 9.90 Å². The van der Waals surface area contributed by atoms with Gasteiger partial charge in [-0.1, -0.05) is 26.0 Å². The van der Waals surface area contributed by atoms with Crippen LogP contribution in [0.5, 0.6) is 0 Å². The number of amides is 1. The highest BCUT2D eigenvalue weighted by Crippen LogP contribution is 2.17. The predicted octanol–water partition coefficient (Wildman–Crippen LogP) is 2.17. The van der Waals surface area contributed by atoms with E-state index >= 15 is 0 Å². The molecule has 130 valence electrons. The fourth-order valence-electron chi connectivity index (χ4n) is 2.88. The number of aliphatic hydroxyl groups excluding tert-OH is 1. The lowest BCUT2D eigenvalue weighted by molar-refractivity contribution is -0.133. The van der Waals surface area contributed by atoms with E-state index < -0.39 is 6.10 Å². The molecule has 1 unspecified atom stereocenters. The summed E-state index contributed by atoms with van der Waals surface area (Å²) in [5, 5.41) is 19.2. The highest BCUT2D eigenvalue weighted by Gasteiger charge is 2.22. The van der Waals surface area contributed by atoms with Crippen molar-refractivity contribution in [1.29, 1.82) is 5.26 Å². The fraction of sp³-hybridized carbons (Fsp3) is 0.579. The zero-order valence-corrected chi connectivity index (χ0v) is 14.6. The van der Waals surface area contributed by atoms with Crippen LogP contribution >= 0.6 is 0 Å². The van der Waals surface area contributed by atoms with Crippen molar-refractivity contribution in [1.82, 2.24) is 9.80 Å². The largest absolute Gasteiger partial charge is 0.387 e. The van der Waals surface area contributed by atoms with Gasteiger partial charge in [-0.15, -0.1) is 0 Å². The molecular formula is C19H27N3O2. The Morgan fingerprint density at radius 3 is 2.38 bits per heavy atom. The van der Waals surface area contributed by atoms with E-state index in [0.717, 1.165) is 38.2 Å². The van der Waals surface area contributed by atoms with Gasteiger partial charge in [0.25, 0.3) is 0 Å². The maximum absolute atomic E-state index is 12.1. The van der Waals surface area contributed by atoms with Gasteiger partial charge in [0.1, 0.15) is 0 Å². The molecule has 1 saturated heterocycles. The van der Waals surface area contributed by atoms with E-state index in [2.05, 4.69) is 24.8 Å². The van der Waals surface area contributed by atoms with Crippen LogP contribution in [0.25, 0.3) is 0 Å². The number of piperazine rings is 1. The molecule has 0 bridgehead atoms. The molecule has 1 aromatic rings. The maximum atomic E-state index is 12.1. The third-order valence-electron chi connectivity index (χ3n) is 4.52. The number of nitriles is 1. The van der Waals surface area contributed by atoms with Gasteiger partial charge in [0.15, 0.2) is 0 Å². The molecule has 0 spiro atoms. The Labute approximate surface area is 144 Å². The van der Waals surface area contributed by atoms with E-state index in [1.165, 1.54) is 0 Å². The minimum Gasteiger partial charge on any atom is -0.387 e. The number of benzene rings is 1. The van der Waals surface area contributed by atoms with Crippen LogP contribution in [0.3, 0.4) is 0 Å². The van der Waals surface area contributed by atoms with Gasteiger partial charge in [0.2, 0.25) is 5.91 Å². The minimum absolute atomic E-state index is 0.246. The molecule has 1 aromatic carbocycles. The summed E-state index contributed by atoms with van der Waals surface area (Å²) >= 11 is 0. The van der Waals surface area contributed by atoms with Gasteiger partial charge in [0.05, 0.1) is 17.7 Å². The summed E-state index contributed by atoms with van der Waals surface area (Å²) in [6.45, 7) is 7.88. The monoisotopic (exact) mass is 329 g/mol. The SMILES string of the molecule is CC(C)CCC(=O)N1CCN(CC(O)c2ccc(C#N)cc2)CC1. The number of aliphatic hydroxyl groups is 1. The van der Waals surface area contributed by atoms with Gasteiger partial charge < -0.3 is 10.0 Å². The highest BCUT2D eigenvalue weighted by atomic mass is 16.3. The van der Waals surface area contributed by atoms with Crippen LogP contribution in [0, 0.1) is 17.2 Å². The Hall–Kier alpha value is -1.90. The molecule has 5 heteroatoms. The summed E-state index contributed by atoms with van der Waals surface area (Å²) in [5.41, 5.74) is 1.42. The lowest BCUT2D eigenvalue weighted by Crippen LogP contribution is -2.49. The Kier molecular flexibility index (Phi) is 6.77. The van der Waals surface area contributed by atoms with Gasteiger partial charge in [-0.3, -0.25) is 9.69 Å². The van der Waals surface area contributed by atoms with Crippen molar-refractivity contribution in [2.24, 2.45) is 5.92 Å².